The van der Waals surface area contributed by atoms with Crippen LogP contribution in [0.3, 0.4) is 0 Å². The molecule has 7 nitrogen and oxygen atoms in total. The second kappa shape index (κ2) is 8.18. The third-order valence-electron chi connectivity index (χ3n) is 5.48. The molecule has 0 saturated heterocycles. The molecule has 0 aliphatic carbocycles. The Bertz CT molecular complexity index is 1270. The van der Waals surface area contributed by atoms with E-state index in [4.69, 9.17) is 4.42 Å². The lowest BCUT2D eigenvalue weighted by molar-refractivity contribution is -0.137. The van der Waals surface area contributed by atoms with Gasteiger partial charge in [0, 0.05) is 19.2 Å². The van der Waals surface area contributed by atoms with Gasteiger partial charge in [-0.1, -0.05) is 0 Å². The predicted molar refractivity (Wildman–Crippen MR) is 112 cm³/mol. The summed E-state index contributed by atoms with van der Waals surface area (Å²) in [5.41, 5.74) is 2.65. The number of fused-ring (bicyclic) bond motifs is 1. The first-order valence-electron chi connectivity index (χ1n) is 10.0. The Morgan fingerprint density at radius 1 is 1.22 bits per heavy atom. The van der Waals surface area contributed by atoms with E-state index < -0.39 is 11.7 Å². The molecule has 4 aromatic rings. The average Bonchev–Trinajstić information content (AvgIpc) is 3.40. The minimum atomic E-state index is -4.48. The Balaban J connectivity index is 1.61. The molecule has 168 valence electrons. The summed E-state index contributed by atoms with van der Waals surface area (Å²) in [5.74, 6) is 0.460. The number of aryl methyl sites for hydroxylation is 2. The third kappa shape index (κ3) is 4.25. The second-order valence-electron chi connectivity index (χ2n) is 7.62. The van der Waals surface area contributed by atoms with Gasteiger partial charge in [-0.25, -0.2) is 4.98 Å². The van der Waals surface area contributed by atoms with Crippen molar-refractivity contribution < 1.29 is 22.4 Å². The number of nitrogens with zero attached hydrogens (tertiary/aromatic N) is 4. The molecular weight excluding hydrogens is 423 g/mol. The number of furan rings is 1. The number of rotatable bonds is 6. The molecule has 0 atom stereocenters. The Labute approximate surface area is 181 Å². The van der Waals surface area contributed by atoms with E-state index in [0.717, 1.165) is 29.1 Å². The number of hydrogen-bond donors (Lipinski definition) is 1. The lowest BCUT2D eigenvalue weighted by Gasteiger charge is -2.10. The molecule has 4 rings (SSSR count). The van der Waals surface area contributed by atoms with Crippen molar-refractivity contribution >= 4 is 22.9 Å². The van der Waals surface area contributed by atoms with Crippen molar-refractivity contribution in [1.29, 1.82) is 0 Å². The number of anilines is 1. The first-order chi connectivity index (χ1) is 15.1. The molecule has 0 fully saturated rings. The zero-order valence-electron chi connectivity index (χ0n) is 17.8. The fraction of sp³-hybridized carbons (Fsp3) is 0.318. The van der Waals surface area contributed by atoms with Crippen molar-refractivity contribution in [2.45, 2.75) is 39.4 Å². The molecule has 1 amide bonds. The normalized spacial score (nSPS) is 11.9. The van der Waals surface area contributed by atoms with E-state index in [-0.39, 0.29) is 30.3 Å². The van der Waals surface area contributed by atoms with Crippen molar-refractivity contribution in [1.82, 2.24) is 19.3 Å². The fourth-order valence-corrected chi connectivity index (χ4v) is 3.72. The van der Waals surface area contributed by atoms with Crippen LogP contribution in [0.15, 0.2) is 41.0 Å². The van der Waals surface area contributed by atoms with E-state index in [1.165, 1.54) is 12.3 Å². The summed E-state index contributed by atoms with van der Waals surface area (Å²) < 4.78 is 48.2. The van der Waals surface area contributed by atoms with Crippen LogP contribution in [0.1, 0.15) is 34.7 Å². The largest absolute Gasteiger partial charge is 0.467 e. The minimum Gasteiger partial charge on any atom is -0.467 e. The molecule has 0 radical (unpaired) electrons. The van der Waals surface area contributed by atoms with E-state index in [9.17, 15) is 18.0 Å². The molecule has 3 aromatic heterocycles. The highest BCUT2D eigenvalue weighted by atomic mass is 19.4. The Morgan fingerprint density at radius 3 is 2.62 bits per heavy atom. The Morgan fingerprint density at radius 2 is 2.00 bits per heavy atom. The molecule has 1 N–H and O–H groups in total. The van der Waals surface area contributed by atoms with E-state index >= 15 is 0 Å². The zero-order chi connectivity index (χ0) is 23.0. The van der Waals surface area contributed by atoms with Crippen LogP contribution in [0.2, 0.25) is 0 Å². The van der Waals surface area contributed by atoms with Gasteiger partial charge in [0.1, 0.15) is 5.76 Å². The van der Waals surface area contributed by atoms with Gasteiger partial charge in [-0.05, 0) is 56.2 Å². The summed E-state index contributed by atoms with van der Waals surface area (Å²) in [5, 5.41) is 7.10. The number of carbonyl (C=O) groups is 1. The molecule has 0 spiro atoms. The van der Waals surface area contributed by atoms with E-state index in [1.54, 1.807) is 21.4 Å². The molecule has 0 aliphatic rings. The first-order valence-corrected chi connectivity index (χ1v) is 10.0. The van der Waals surface area contributed by atoms with Crippen molar-refractivity contribution in [3.05, 3.63) is 64.9 Å². The van der Waals surface area contributed by atoms with Crippen molar-refractivity contribution in [2.24, 2.45) is 7.05 Å². The second-order valence-corrected chi connectivity index (χ2v) is 7.62. The summed E-state index contributed by atoms with van der Waals surface area (Å²) in [6.07, 6.45) is -2.30. The van der Waals surface area contributed by atoms with Crippen LogP contribution in [-0.2, 0) is 31.0 Å². The SMILES string of the molecule is Cc1nn(C)c(C)c1CCC(=O)Nc1nc2cc(C(F)(F)F)ccc2n1Cc1ccco1. The van der Waals surface area contributed by atoms with Crippen LogP contribution in [0, 0.1) is 13.8 Å². The number of aromatic nitrogens is 4. The number of halogens is 3. The maximum atomic E-state index is 13.1. The summed E-state index contributed by atoms with van der Waals surface area (Å²) >= 11 is 0. The monoisotopic (exact) mass is 445 g/mol. The number of amides is 1. The van der Waals surface area contributed by atoms with Crippen LogP contribution in [-0.4, -0.2) is 25.2 Å². The summed E-state index contributed by atoms with van der Waals surface area (Å²) in [6.45, 7) is 4.04. The maximum Gasteiger partial charge on any atom is 0.416 e. The van der Waals surface area contributed by atoms with E-state index in [1.807, 2.05) is 20.9 Å². The van der Waals surface area contributed by atoms with Gasteiger partial charge in [0.15, 0.2) is 0 Å². The zero-order valence-corrected chi connectivity index (χ0v) is 17.8. The molecule has 0 bridgehead atoms. The molecule has 3 heterocycles. The van der Waals surface area contributed by atoms with E-state index in [0.29, 0.717) is 17.7 Å². The molecular formula is C22H22F3N5O2. The molecule has 1 aromatic carbocycles. The smallest absolute Gasteiger partial charge is 0.416 e. The van der Waals surface area contributed by atoms with Crippen molar-refractivity contribution in [3.63, 3.8) is 0 Å². The van der Waals surface area contributed by atoms with Crippen LogP contribution < -0.4 is 5.32 Å². The highest BCUT2D eigenvalue weighted by Crippen LogP contribution is 2.32. The maximum absolute atomic E-state index is 13.1. The lowest BCUT2D eigenvalue weighted by Crippen LogP contribution is -2.17. The minimum absolute atomic E-state index is 0.139. The van der Waals surface area contributed by atoms with Gasteiger partial charge in [-0.3, -0.25) is 14.8 Å². The fourth-order valence-electron chi connectivity index (χ4n) is 3.72. The summed E-state index contributed by atoms with van der Waals surface area (Å²) in [4.78, 5) is 17.0. The van der Waals surface area contributed by atoms with Gasteiger partial charge < -0.3 is 8.98 Å². The summed E-state index contributed by atoms with van der Waals surface area (Å²) in [7, 11) is 1.85. The number of carbonyl (C=O) groups excluding carboxylic acids is 1. The standard InChI is InChI=1S/C22H22F3N5O2/c1-13-17(14(2)29(3)28-13)7-9-20(31)27-21-26-18-11-15(22(23,24)25)6-8-19(18)30(21)12-16-5-4-10-32-16/h4-6,8,10-11H,7,9,12H2,1-3H3,(H,26,27,31). The van der Waals surface area contributed by atoms with Gasteiger partial charge >= 0.3 is 6.18 Å². The number of nitrogens with one attached hydrogen (secondary N) is 1. The quantitative estimate of drug-likeness (QED) is 0.470. The van der Waals surface area contributed by atoms with E-state index in [2.05, 4.69) is 15.4 Å². The van der Waals surface area contributed by atoms with Gasteiger partial charge in [0.25, 0.3) is 0 Å². The summed E-state index contributed by atoms with van der Waals surface area (Å²) in [6, 6.07) is 6.79. The predicted octanol–water partition coefficient (Wildman–Crippen LogP) is 4.62. The van der Waals surface area contributed by atoms with Gasteiger partial charge in [-0.15, -0.1) is 0 Å². The molecule has 10 heteroatoms. The topological polar surface area (TPSA) is 77.9 Å². The van der Waals surface area contributed by atoms with Gasteiger partial charge in [0.05, 0.1) is 35.1 Å². The van der Waals surface area contributed by atoms with Gasteiger partial charge in [-0.2, -0.15) is 18.3 Å². The van der Waals surface area contributed by atoms with Crippen molar-refractivity contribution in [3.8, 4) is 0 Å². The highest BCUT2D eigenvalue weighted by molar-refractivity contribution is 5.91. The number of benzene rings is 1. The third-order valence-corrected chi connectivity index (χ3v) is 5.48. The number of alkyl halides is 3. The first kappa shape index (κ1) is 21.7. The Kier molecular flexibility index (Phi) is 5.53. The van der Waals surface area contributed by atoms with Crippen molar-refractivity contribution in [2.75, 3.05) is 5.32 Å². The molecule has 0 aliphatic heterocycles. The molecule has 0 saturated carbocycles. The lowest BCUT2D eigenvalue weighted by atomic mass is 10.1. The Hall–Kier alpha value is -3.56. The highest BCUT2D eigenvalue weighted by Gasteiger charge is 2.31. The van der Waals surface area contributed by atoms with Crippen LogP contribution in [0.4, 0.5) is 19.1 Å². The average molecular weight is 445 g/mol. The van der Waals surface area contributed by atoms with Gasteiger partial charge in [0.2, 0.25) is 11.9 Å². The van der Waals surface area contributed by atoms with Crippen LogP contribution in [0.5, 0.6) is 0 Å². The van der Waals surface area contributed by atoms with Crippen LogP contribution in [0.25, 0.3) is 11.0 Å². The molecule has 0 unspecified atom stereocenters. The van der Waals surface area contributed by atoms with Crippen LogP contribution >= 0.6 is 0 Å². The number of hydrogen-bond acceptors (Lipinski definition) is 4. The molecule has 32 heavy (non-hydrogen) atoms. The number of imidazole rings is 1.